The molecule has 0 bridgehead atoms. The lowest BCUT2D eigenvalue weighted by Crippen LogP contribution is -2.51. The summed E-state index contributed by atoms with van der Waals surface area (Å²) in [6.07, 6.45) is 0.432. The third kappa shape index (κ3) is 6.04. The molecule has 2 saturated heterocycles. The van der Waals surface area contributed by atoms with Crippen LogP contribution in [0.2, 0.25) is 0 Å². The number of hydrogen-bond acceptors (Lipinski definition) is 5. The molecule has 0 saturated carbocycles. The normalized spacial score (nSPS) is 19.7. The highest BCUT2D eigenvalue weighted by molar-refractivity contribution is 5.94. The average molecular weight is 422 g/mol. The van der Waals surface area contributed by atoms with Crippen LogP contribution in [0.5, 0.6) is 0 Å². The molecule has 1 aromatic rings. The van der Waals surface area contributed by atoms with Crippen molar-refractivity contribution in [3.8, 4) is 0 Å². The van der Waals surface area contributed by atoms with Gasteiger partial charge in [0, 0.05) is 50.7 Å². The zero-order valence-electron chi connectivity index (χ0n) is 15.3. The van der Waals surface area contributed by atoms with Crippen LogP contribution in [0.15, 0.2) is 18.2 Å². The molecule has 1 atom stereocenters. The lowest BCUT2D eigenvalue weighted by molar-refractivity contribution is -0.132. The molecule has 2 aliphatic heterocycles. The number of ketones is 1. The zero-order valence-corrected chi connectivity index (χ0v) is 16.9. The van der Waals surface area contributed by atoms with Gasteiger partial charge in [-0.3, -0.25) is 9.59 Å². The molecular weight excluding hydrogens is 396 g/mol. The third-order valence-corrected chi connectivity index (χ3v) is 4.75. The predicted octanol–water partition coefficient (Wildman–Crippen LogP) is 1.90. The highest BCUT2D eigenvalue weighted by atomic mass is 35.5. The lowest BCUT2D eigenvalue weighted by atomic mass is 10.1. The van der Waals surface area contributed by atoms with Crippen LogP contribution in [0.25, 0.3) is 0 Å². The number of piperazine rings is 1. The van der Waals surface area contributed by atoms with E-state index in [0.717, 1.165) is 6.54 Å². The number of nitrogens with zero attached hydrogens (tertiary/aromatic N) is 2. The molecule has 0 spiro atoms. The Morgan fingerprint density at radius 3 is 2.48 bits per heavy atom. The molecule has 1 N–H and O–H groups in total. The molecule has 152 valence electrons. The fourth-order valence-electron chi connectivity index (χ4n) is 3.27. The number of carbonyl (C=O) groups is 2. The second-order valence-corrected chi connectivity index (χ2v) is 6.52. The maximum absolute atomic E-state index is 14.3. The molecule has 0 aromatic heterocycles. The quantitative estimate of drug-likeness (QED) is 0.752. The van der Waals surface area contributed by atoms with Crippen molar-refractivity contribution in [2.24, 2.45) is 0 Å². The largest absolute Gasteiger partial charge is 0.378 e. The number of anilines is 1. The molecule has 1 amide bonds. The van der Waals surface area contributed by atoms with Gasteiger partial charge in [0.25, 0.3) is 0 Å². The first-order valence-corrected chi connectivity index (χ1v) is 8.69. The van der Waals surface area contributed by atoms with Crippen molar-refractivity contribution in [3.63, 3.8) is 0 Å². The van der Waals surface area contributed by atoms with E-state index in [1.54, 1.807) is 12.1 Å². The number of benzene rings is 1. The summed E-state index contributed by atoms with van der Waals surface area (Å²) in [7, 11) is 0. The molecule has 9 heteroatoms. The van der Waals surface area contributed by atoms with E-state index in [4.69, 9.17) is 4.74 Å². The fraction of sp³-hybridized carbons (Fsp3) is 0.556. The monoisotopic (exact) mass is 421 g/mol. The maximum atomic E-state index is 14.3. The number of morpholine rings is 1. The fourth-order valence-corrected chi connectivity index (χ4v) is 3.27. The van der Waals surface area contributed by atoms with Gasteiger partial charge in [0.05, 0.1) is 18.9 Å². The second kappa shape index (κ2) is 10.8. The summed E-state index contributed by atoms with van der Waals surface area (Å²) >= 11 is 0. The molecule has 1 aromatic carbocycles. The number of halogens is 3. The van der Waals surface area contributed by atoms with Gasteiger partial charge in [0.2, 0.25) is 5.91 Å². The minimum absolute atomic E-state index is 0. The van der Waals surface area contributed by atoms with Crippen LogP contribution < -0.4 is 10.2 Å². The molecule has 2 fully saturated rings. The highest BCUT2D eigenvalue weighted by Gasteiger charge is 2.25. The van der Waals surface area contributed by atoms with Crippen LogP contribution in [-0.4, -0.2) is 68.6 Å². The summed E-state index contributed by atoms with van der Waals surface area (Å²) in [4.78, 5) is 27.5. The number of hydrogen-bond donors (Lipinski definition) is 1. The molecule has 1 unspecified atom stereocenters. The van der Waals surface area contributed by atoms with Gasteiger partial charge in [-0.25, -0.2) is 4.39 Å². The molecule has 2 heterocycles. The van der Waals surface area contributed by atoms with Crippen LogP contribution in [0.3, 0.4) is 0 Å². The summed E-state index contributed by atoms with van der Waals surface area (Å²) < 4.78 is 19.6. The van der Waals surface area contributed by atoms with E-state index >= 15 is 0 Å². The zero-order chi connectivity index (χ0) is 17.8. The summed E-state index contributed by atoms with van der Waals surface area (Å²) in [6, 6.07) is 4.65. The lowest BCUT2D eigenvalue weighted by Gasteiger charge is -2.37. The smallest absolute Gasteiger partial charge is 0.224 e. The summed E-state index contributed by atoms with van der Waals surface area (Å²) in [5, 5.41) is 3.29. The second-order valence-electron chi connectivity index (χ2n) is 6.52. The van der Waals surface area contributed by atoms with E-state index in [1.807, 2.05) is 9.80 Å². The predicted molar refractivity (Wildman–Crippen MR) is 107 cm³/mol. The van der Waals surface area contributed by atoms with E-state index in [-0.39, 0.29) is 42.5 Å². The van der Waals surface area contributed by atoms with E-state index < -0.39 is 5.82 Å². The molecule has 0 radical (unpaired) electrons. The van der Waals surface area contributed by atoms with Gasteiger partial charge in [0.1, 0.15) is 5.82 Å². The molecule has 0 aliphatic carbocycles. The van der Waals surface area contributed by atoms with Crippen molar-refractivity contribution in [1.29, 1.82) is 0 Å². The number of rotatable bonds is 4. The molecular formula is C18H26Cl2FN3O3. The molecule has 27 heavy (non-hydrogen) atoms. The number of nitrogens with one attached hydrogen (secondary N) is 1. The first kappa shape index (κ1) is 23.6. The van der Waals surface area contributed by atoms with Gasteiger partial charge in [-0.05, 0) is 25.1 Å². The van der Waals surface area contributed by atoms with Crippen molar-refractivity contribution in [2.75, 3.05) is 50.8 Å². The van der Waals surface area contributed by atoms with E-state index in [9.17, 15) is 14.0 Å². The van der Waals surface area contributed by atoms with Crippen LogP contribution in [0.4, 0.5) is 10.1 Å². The maximum Gasteiger partial charge on any atom is 0.224 e. The van der Waals surface area contributed by atoms with Gasteiger partial charge >= 0.3 is 0 Å². The van der Waals surface area contributed by atoms with Crippen molar-refractivity contribution >= 4 is 42.2 Å². The van der Waals surface area contributed by atoms with Crippen LogP contribution >= 0.6 is 24.8 Å². The van der Waals surface area contributed by atoms with Crippen molar-refractivity contribution in [3.05, 3.63) is 29.6 Å². The van der Waals surface area contributed by atoms with Gasteiger partial charge in [-0.2, -0.15) is 0 Å². The van der Waals surface area contributed by atoms with Gasteiger partial charge < -0.3 is 19.9 Å². The Bertz CT molecular complexity index is 649. The Kier molecular flexibility index (Phi) is 9.45. The summed E-state index contributed by atoms with van der Waals surface area (Å²) in [5.74, 6) is -0.438. The Balaban J connectivity index is 0.00000182. The van der Waals surface area contributed by atoms with Gasteiger partial charge in [-0.1, -0.05) is 0 Å². The van der Waals surface area contributed by atoms with Crippen LogP contribution in [0, 0.1) is 5.82 Å². The number of carbonyl (C=O) groups excluding carboxylic acids is 2. The Labute approximate surface area is 171 Å². The molecule has 6 nitrogen and oxygen atoms in total. The molecule has 3 rings (SSSR count). The van der Waals surface area contributed by atoms with E-state index in [1.165, 1.54) is 13.0 Å². The highest BCUT2D eigenvalue weighted by Crippen LogP contribution is 2.22. The number of amides is 1. The van der Waals surface area contributed by atoms with Crippen molar-refractivity contribution in [2.45, 2.75) is 19.4 Å². The van der Waals surface area contributed by atoms with Crippen molar-refractivity contribution < 1.29 is 18.7 Å². The average Bonchev–Trinajstić information content (AvgIpc) is 2.62. The Hall–Kier alpha value is -1.41. The Morgan fingerprint density at radius 1 is 1.22 bits per heavy atom. The van der Waals surface area contributed by atoms with Gasteiger partial charge in [-0.15, -0.1) is 24.8 Å². The summed E-state index contributed by atoms with van der Waals surface area (Å²) in [5.41, 5.74) is 0.858. The topological polar surface area (TPSA) is 61.9 Å². The number of Topliss-reactive ketones (excluding diaryl/α,β-unsaturated/α-hetero) is 1. The van der Waals surface area contributed by atoms with Gasteiger partial charge in [0.15, 0.2) is 5.78 Å². The first-order chi connectivity index (χ1) is 12.0. The van der Waals surface area contributed by atoms with E-state index in [0.29, 0.717) is 57.1 Å². The minimum Gasteiger partial charge on any atom is -0.378 e. The van der Waals surface area contributed by atoms with Crippen molar-refractivity contribution in [1.82, 2.24) is 10.2 Å². The molecule has 2 aliphatic rings. The van der Waals surface area contributed by atoms with Crippen LogP contribution in [0.1, 0.15) is 23.7 Å². The van der Waals surface area contributed by atoms with Crippen LogP contribution in [-0.2, 0) is 9.53 Å². The number of ether oxygens (including phenoxy) is 1. The summed E-state index contributed by atoms with van der Waals surface area (Å²) in [6.45, 7) is 5.76. The third-order valence-electron chi connectivity index (χ3n) is 4.75. The van der Waals surface area contributed by atoms with E-state index in [2.05, 4.69) is 5.32 Å². The minimum atomic E-state index is -0.393. The SMILES string of the molecule is CC(=O)c1ccc(N2CCN(C(=O)CC3COCCN3)CC2)c(F)c1.Cl.Cl. The first-order valence-electron chi connectivity index (χ1n) is 8.69. The standard InChI is InChI=1S/C18H24FN3O3.2ClH/c1-13(23)14-2-3-17(16(19)10-14)21-5-7-22(8-6-21)18(24)11-15-12-25-9-4-20-15;;/h2-3,10,15,20H,4-9,11-12H2,1H3;2*1H. The Morgan fingerprint density at radius 2 is 1.93 bits per heavy atom.